The van der Waals surface area contributed by atoms with Crippen molar-refractivity contribution >= 4 is 17.5 Å². The van der Waals surface area contributed by atoms with Crippen LogP contribution in [0.3, 0.4) is 0 Å². The van der Waals surface area contributed by atoms with E-state index in [1.54, 1.807) is 0 Å². The lowest BCUT2D eigenvalue weighted by Gasteiger charge is -2.15. The van der Waals surface area contributed by atoms with Gasteiger partial charge in [-0.05, 0) is 42.8 Å². The Bertz CT molecular complexity index is 1230. The van der Waals surface area contributed by atoms with E-state index in [2.05, 4.69) is 15.0 Å². The lowest BCUT2D eigenvalue weighted by Crippen LogP contribution is -2.18. The summed E-state index contributed by atoms with van der Waals surface area (Å²) in [6.07, 6.45) is -3.90. The van der Waals surface area contributed by atoms with Gasteiger partial charge in [0.2, 0.25) is 0 Å². The minimum absolute atomic E-state index is 0.0790. The van der Waals surface area contributed by atoms with Gasteiger partial charge in [-0.1, -0.05) is 6.07 Å². The van der Waals surface area contributed by atoms with Gasteiger partial charge in [-0.3, -0.25) is 14.6 Å². The van der Waals surface area contributed by atoms with Gasteiger partial charge in [-0.25, -0.2) is 8.78 Å². The van der Waals surface area contributed by atoms with Gasteiger partial charge in [0, 0.05) is 18.0 Å². The molecule has 0 atom stereocenters. The van der Waals surface area contributed by atoms with Crippen LogP contribution in [0.4, 0.5) is 27.6 Å². The van der Waals surface area contributed by atoms with Gasteiger partial charge >= 0.3 is 6.36 Å². The number of ether oxygens (including phenoxy) is 2. The lowest BCUT2D eigenvalue weighted by molar-refractivity contribution is -0.275. The first-order valence-electron chi connectivity index (χ1n) is 9.04. The number of alkyl halides is 3. The van der Waals surface area contributed by atoms with Crippen LogP contribution in [0.1, 0.15) is 26.4 Å². The summed E-state index contributed by atoms with van der Waals surface area (Å²) < 4.78 is 74.6. The molecule has 3 aromatic rings. The summed E-state index contributed by atoms with van der Waals surface area (Å²) in [7, 11) is 0. The maximum atomic E-state index is 14.8. The Morgan fingerprint density at radius 2 is 1.73 bits per heavy atom. The van der Waals surface area contributed by atoms with E-state index in [1.807, 2.05) is 0 Å². The van der Waals surface area contributed by atoms with Gasteiger partial charge < -0.3 is 20.5 Å². The first kappa shape index (κ1) is 23.4. The van der Waals surface area contributed by atoms with Crippen LogP contribution in [0.25, 0.3) is 0 Å². The molecule has 0 unspecified atom stereocenters. The fourth-order valence-corrected chi connectivity index (χ4v) is 2.68. The van der Waals surface area contributed by atoms with Gasteiger partial charge in [-0.15, -0.1) is 13.2 Å². The number of aromatic nitrogens is 1. The van der Waals surface area contributed by atoms with E-state index in [0.29, 0.717) is 12.1 Å². The minimum atomic E-state index is -5.10. The maximum Gasteiger partial charge on any atom is 0.573 e. The Kier molecular flexibility index (Phi) is 6.47. The molecule has 0 saturated carbocycles. The Balaban J connectivity index is 1.91. The summed E-state index contributed by atoms with van der Waals surface area (Å²) in [6.45, 7) is 1.39. The van der Waals surface area contributed by atoms with Crippen LogP contribution in [0, 0.1) is 18.6 Å². The number of hydrogen-bond donors (Lipinski definition) is 2. The van der Waals surface area contributed by atoms with Crippen molar-refractivity contribution in [3.05, 3.63) is 77.1 Å². The fourth-order valence-electron chi connectivity index (χ4n) is 2.68. The normalized spacial score (nSPS) is 11.1. The average Bonchev–Trinajstić information content (AvgIpc) is 2.72. The molecule has 33 heavy (non-hydrogen) atoms. The van der Waals surface area contributed by atoms with E-state index in [-0.39, 0.29) is 28.4 Å². The van der Waals surface area contributed by atoms with Crippen LogP contribution in [-0.4, -0.2) is 23.2 Å². The van der Waals surface area contributed by atoms with E-state index < -0.39 is 41.1 Å². The van der Waals surface area contributed by atoms with Gasteiger partial charge in [0.05, 0.1) is 0 Å². The van der Waals surface area contributed by atoms with Gasteiger partial charge in [0.15, 0.2) is 11.6 Å². The van der Waals surface area contributed by atoms with Crippen molar-refractivity contribution in [3.63, 3.8) is 0 Å². The van der Waals surface area contributed by atoms with Gasteiger partial charge in [0.1, 0.15) is 28.6 Å². The van der Waals surface area contributed by atoms with E-state index in [9.17, 15) is 31.5 Å². The molecule has 0 bridgehead atoms. The summed E-state index contributed by atoms with van der Waals surface area (Å²) in [5.41, 5.74) is 4.59. The number of pyridine rings is 1. The number of nitrogens with two attached hydrogens (primary N) is 1. The number of primary amides is 1. The number of aryl methyl sites for hydroxylation is 1. The van der Waals surface area contributed by atoms with Crippen molar-refractivity contribution in [2.45, 2.75) is 13.3 Å². The van der Waals surface area contributed by atoms with Crippen molar-refractivity contribution in [1.29, 1.82) is 0 Å². The van der Waals surface area contributed by atoms with Crippen LogP contribution in [-0.2, 0) is 0 Å². The van der Waals surface area contributed by atoms with Crippen LogP contribution >= 0.6 is 0 Å². The number of nitrogens with zero attached hydrogens (tertiary/aromatic N) is 1. The van der Waals surface area contributed by atoms with E-state index in [4.69, 9.17) is 10.5 Å². The third-order valence-corrected chi connectivity index (χ3v) is 4.15. The number of rotatable bonds is 6. The molecular formula is C21H14F5N3O4. The molecule has 172 valence electrons. The second-order valence-corrected chi connectivity index (χ2v) is 6.56. The number of amides is 2. The standard InChI is InChI=1S/C21H14F5N3O4/c1-10-2-4-16(32-12-3-5-15(13(22)9-12)33-21(24,25)26)17(18(10)23)20(31)29-11-6-7-28-14(8-11)19(27)30/h2-9H,1H3,(H2,27,30)(H,28,29,31). The molecule has 0 aliphatic rings. The zero-order valence-electron chi connectivity index (χ0n) is 16.7. The number of benzene rings is 2. The molecule has 1 heterocycles. The molecule has 12 heteroatoms. The number of hydrogen-bond acceptors (Lipinski definition) is 5. The molecule has 2 amide bonds. The van der Waals surface area contributed by atoms with Gasteiger partial charge in [-0.2, -0.15) is 0 Å². The number of carbonyl (C=O) groups excluding carboxylic acids is 2. The Hall–Kier alpha value is -4.22. The third-order valence-electron chi connectivity index (χ3n) is 4.15. The molecule has 0 saturated heterocycles. The Morgan fingerprint density at radius 3 is 2.36 bits per heavy atom. The topological polar surface area (TPSA) is 104 Å². The zero-order valence-corrected chi connectivity index (χ0v) is 16.7. The number of halogens is 5. The maximum absolute atomic E-state index is 14.8. The number of nitrogens with one attached hydrogen (secondary N) is 1. The number of anilines is 1. The first-order valence-corrected chi connectivity index (χ1v) is 9.04. The molecule has 0 aliphatic carbocycles. The zero-order chi connectivity index (χ0) is 24.3. The predicted octanol–water partition coefficient (Wildman–Crippen LogP) is 4.71. The summed E-state index contributed by atoms with van der Waals surface area (Å²) in [6, 6.07) is 7.22. The second-order valence-electron chi connectivity index (χ2n) is 6.56. The predicted molar refractivity (Wildman–Crippen MR) is 105 cm³/mol. The van der Waals surface area contributed by atoms with Crippen molar-refractivity contribution in [2.75, 3.05) is 5.32 Å². The largest absolute Gasteiger partial charge is 0.573 e. The van der Waals surface area contributed by atoms with Crippen molar-refractivity contribution in [2.24, 2.45) is 5.73 Å². The molecule has 2 aromatic carbocycles. The molecule has 3 N–H and O–H groups in total. The first-order chi connectivity index (χ1) is 15.4. The highest BCUT2D eigenvalue weighted by molar-refractivity contribution is 6.07. The molecule has 0 aliphatic heterocycles. The van der Waals surface area contributed by atoms with Crippen LogP contribution in [0.5, 0.6) is 17.2 Å². The summed E-state index contributed by atoms with van der Waals surface area (Å²) >= 11 is 0. The average molecular weight is 467 g/mol. The molecule has 1 aromatic heterocycles. The van der Waals surface area contributed by atoms with E-state index in [0.717, 1.165) is 6.07 Å². The highest BCUT2D eigenvalue weighted by Gasteiger charge is 2.32. The highest BCUT2D eigenvalue weighted by Crippen LogP contribution is 2.33. The lowest BCUT2D eigenvalue weighted by atomic mass is 10.1. The number of carbonyl (C=O) groups is 2. The van der Waals surface area contributed by atoms with E-state index in [1.165, 1.54) is 37.4 Å². The molecule has 7 nitrogen and oxygen atoms in total. The van der Waals surface area contributed by atoms with Crippen LogP contribution in [0.2, 0.25) is 0 Å². The van der Waals surface area contributed by atoms with Crippen molar-refractivity contribution < 1.29 is 41.0 Å². The SMILES string of the molecule is Cc1ccc(Oc2ccc(OC(F)(F)F)c(F)c2)c(C(=O)Nc2ccnc(C(N)=O)c2)c1F. The molecular weight excluding hydrogens is 453 g/mol. The second kappa shape index (κ2) is 9.10. The summed E-state index contributed by atoms with van der Waals surface area (Å²) in [5.74, 6) is -5.93. The third kappa shape index (κ3) is 5.73. The fraction of sp³-hybridized carbons (Fsp3) is 0.0952. The quantitative estimate of drug-likeness (QED) is 0.511. The summed E-state index contributed by atoms with van der Waals surface area (Å²) in [4.78, 5) is 27.7. The highest BCUT2D eigenvalue weighted by atomic mass is 19.4. The van der Waals surface area contributed by atoms with Crippen molar-refractivity contribution in [1.82, 2.24) is 4.98 Å². The molecule has 0 radical (unpaired) electrons. The Morgan fingerprint density at radius 1 is 1.03 bits per heavy atom. The summed E-state index contributed by atoms with van der Waals surface area (Å²) in [5, 5.41) is 2.37. The van der Waals surface area contributed by atoms with Crippen LogP contribution in [0.15, 0.2) is 48.7 Å². The minimum Gasteiger partial charge on any atom is -0.456 e. The smallest absolute Gasteiger partial charge is 0.456 e. The van der Waals surface area contributed by atoms with E-state index >= 15 is 0 Å². The molecule has 0 fully saturated rings. The molecule has 0 spiro atoms. The monoisotopic (exact) mass is 467 g/mol. The van der Waals surface area contributed by atoms with Crippen LogP contribution < -0.4 is 20.5 Å². The van der Waals surface area contributed by atoms with Gasteiger partial charge in [0.25, 0.3) is 11.8 Å². The van der Waals surface area contributed by atoms with Crippen molar-refractivity contribution in [3.8, 4) is 17.2 Å². The Labute approximate surface area is 182 Å². The molecule has 3 rings (SSSR count).